The third kappa shape index (κ3) is 3.58. The molecule has 20 heavy (non-hydrogen) atoms. The molecule has 1 aliphatic rings. The molecule has 1 saturated carbocycles. The van der Waals surface area contributed by atoms with Crippen LogP contribution in [0.15, 0.2) is 6.07 Å². The molecule has 0 saturated heterocycles. The molecule has 112 valence electrons. The van der Waals surface area contributed by atoms with Crippen molar-refractivity contribution in [3.8, 4) is 0 Å². The monoisotopic (exact) mass is 279 g/mol. The Labute approximate surface area is 120 Å². The number of nitrogens with two attached hydrogens (primary N) is 1. The number of nitrogens with zero attached hydrogens (tertiary/aromatic N) is 3. The highest BCUT2D eigenvalue weighted by atomic mass is 16.5. The van der Waals surface area contributed by atoms with Crippen molar-refractivity contribution >= 4 is 11.6 Å². The largest absolute Gasteiger partial charge is 0.377 e. The van der Waals surface area contributed by atoms with Gasteiger partial charge in [0.1, 0.15) is 18.2 Å². The zero-order chi connectivity index (χ0) is 14.4. The number of hydrogen-bond donors (Lipinski definition) is 2. The van der Waals surface area contributed by atoms with Gasteiger partial charge in [0.15, 0.2) is 5.82 Å². The van der Waals surface area contributed by atoms with E-state index in [0.29, 0.717) is 24.3 Å². The second-order valence-electron chi connectivity index (χ2n) is 5.18. The Morgan fingerprint density at radius 2 is 2.10 bits per heavy atom. The van der Waals surface area contributed by atoms with Crippen LogP contribution < -0.4 is 16.2 Å². The zero-order valence-electron chi connectivity index (χ0n) is 12.4. The van der Waals surface area contributed by atoms with Crippen molar-refractivity contribution in [2.75, 3.05) is 24.0 Å². The maximum absolute atomic E-state index is 5.50. The number of nitrogen functional groups attached to an aromatic ring is 1. The van der Waals surface area contributed by atoms with Crippen LogP contribution in [-0.4, -0.2) is 29.7 Å². The molecule has 1 heterocycles. The predicted molar refractivity (Wildman–Crippen MR) is 80.4 cm³/mol. The summed E-state index contributed by atoms with van der Waals surface area (Å²) in [7, 11) is 1.64. The Morgan fingerprint density at radius 1 is 1.35 bits per heavy atom. The highest BCUT2D eigenvalue weighted by Crippen LogP contribution is 2.27. The Kier molecular flexibility index (Phi) is 5.55. The maximum atomic E-state index is 5.50. The average molecular weight is 279 g/mol. The molecular formula is C14H25N5O. The van der Waals surface area contributed by atoms with Crippen LogP contribution in [0.5, 0.6) is 0 Å². The molecule has 0 bridgehead atoms. The van der Waals surface area contributed by atoms with Crippen molar-refractivity contribution in [1.82, 2.24) is 9.97 Å². The van der Waals surface area contributed by atoms with Crippen molar-refractivity contribution in [3.63, 3.8) is 0 Å². The molecule has 1 aromatic heterocycles. The van der Waals surface area contributed by atoms with Crippen molar-refractivity contribution in [3.05, 3.63) is 11.9 Å². The quantitative estimate of drug-likeness (QED) is 0.613. The molecule has 6 heteroatoms. The summed E-state index contributed by atoms with van der Waals surface area (Å²) in [4.78, 5) is 11.3. The Hall–Kier alpha value is -1.40. The lowest BCUT2D eigenvalue weighted by Gasteiger charge is -2.34. The van der Waals surface area contributed by atoms with Crippen molar-refractivity contribution in [2.24, 2.45) is 5.84 Å². The lowest BCUT2D eigenvalue weighted by molar-refractivity contribution is 0.178. The summed E-state index contributed by atoms with van der Waals surface area (Å²) in [6.07, 6.45) is 6.44. The minimum absolute atomic E-state index is 0.394. The van der Waals surface area contributed by atoms with Gasteiger partial charge in [-0.2, -0.15) is 0 Å². The third-order valence-corrected chi connectivity index (χ3v) is 3.83. The van der Waals surface area contributed by atoms with Crippen LogP contribution in [0.2, 0.25) is 0 Å². The van der Waals surface area contributed by atoms with E-state index in [1.807, 2.05) is 6.07 Å². The number of anilines is 2. The number of hydrogen-bond acceptors (Lipinski definition) is 6. The van der Waals surface area contributed by atoms with Crippen LogP contribution in [0, 0.1) is 0 Å². The van der Waals surface area contributed by atoms with Gasteiger partial charge < -0.3 is 15.1 Å². The standard InChI is InChI=1S/C14H25N5O/c1-3-19(11-7-5-4-6-8-11)14-9-12(18-15)16-13(17-14)10-20-2/h9,11H,3-8,10,15H2,1-2H3,(H,16,17,18). The lowest BCUT2D eigenvalue weighted by atomic mass is 9.94. The van der Waals surface area contributed by atoms with Gasteiger partial charge in [-0.3, -0.25) is 0 Å². The fraction of sp³-hybridized carbons (Fsp3) is 0.714. The van der Waals surface area contributed by atoms with Crippen LogP contribution in [0.25, 0.3) is 0 Å². The van der Waals surface area contributed by atoms with Crippen LogP contribution >= 0.6 is 0 Å². The number of nitrogens with one attached hydrogen (secondary N) is 1. The van der Waals surface area contributed by atoms with Crippen LogP contribution in [0.1, 0.15) is 44.9 Å². The Morgan fingerprint density at radius 3 is 2.70 bits per heavy atom. The molecule has 0 amide bonds. The van der Waals surface area contributed by atoms with Gasteiger partial charge in [0, 0.05) is 25.8 Å². The first-order valence-electron chi connectivity index (χ1n) is 7.38. The summed E-state index contributed by atoms with van der Waals surface area (Å²) in [5.74, 6) is 7.74. The molecule has 6 nitrogen and oxygen atoms in total. The Bertz CT molecular complexity index is 420. The SMILES string of the molecule is CCN(c1cc(NN)nc(COC)n1)C1CCCCC1. The van der Waals surface area contributed by atoms with E-state index in [1.54, 1.807) is 7.11 Å². The van der Waals surface area contributed by atoms with Crippen LogP contribution in [0.4, 0.5) is 11.6 Å². The normalized spacial score (nSPS) is 16.1. The summed E-state index contributed by atoms with van der Waals surface area (Å²) >= 11 is 0. The third-order valence-electron chi connectivity index (χ3n) is 3.83. The van der Waals surface area contributed by atoms with Gasteiger partial charge in [-0.1, -0.05) is 19.3 Å². The highest BCUT2D eigenvalue weighted by Gasteiger charge is 2.22. The minimum atomic E-state index is 0.394. The second kappa shape index (κ2) is 7.40. The first-order chi connectivity index (χ1) is 9.78. The van der Waals surface area contributed by atoms with Crippen LogP contribution in [-0.2, 0) is 11.3 Å². The Balaban J connectivity index is 2.24. The molecule has 0 aromatic carbocycles. The predicted octanol–water partition coefficient (Wildman–Crippen LogP) is 2.07. The van der Waals surface area contributed by atoms with E-state index in [4.69, 9.17) is 10.6 Å². The molecule has 3 N–H and O–H groups in total. The highest BCUT2D eigenvalue weighted by molar-refractivity contribution is 5.49. The van der Waals surface area contributed by atoms with Gasteiger partial charge in [0.05, 0.1) is 0 Å². The zero-order valence-corrected chi connectivity index (χ0v) is 12.4. The first-order valence-corrected chi connectivity index (χ1v) is 7.38. The summed E-state index contributed by atoms with van der Waals surface area (Å²) in [6.45, 7) is 3.51. The number of rotatable bonds is 6. The summed E-state index contributed by atoms with van der Waals surface area (Å²) < 4.78 is 5.13. The van der Waals surface area contributed by atoms with Gasteiger partial charge >= 0.3 is 0 Å². The van der Waals surface area contributed by atoms with Gasteiger partial charge in [-0.05, 0) is 19.8 Å². The number of hydrazine groups is 1. The first kappa shape index (κ1) is 15.0. The van der Waals surface area contributed by atoms with E-state index in [1.165, 1.54) is 32.1 Å². The van der Waals surface area contributed by atoms with Crippen LogP contribution in [0.3, 0.4) is 0 Å². The minimum Gasteiger partial charge on any atom is -0.377 e. The van der Waals surface area contributed by atoms with E-state index in [0.717, 1.165) is 12.4 Å². The van der Waals surface area contributed by atoms with Gasteiger partial charge in [0.2, 0.25) is 0 Å². The topological polar surface area (TPSA) is 76.3 Å². The van der Waals surface area contributed by atoms with Crippen molar-refractivity contribution in [1.29, 1.82) is 0 Å². The number of methoxy groups -OCH3 is 1. The maximum Gasteiger partial charge on any atom is 0.158 e. The van der Waals surface area contributed by atoms with Crippen molar-refractivity contribution < 1.29 is 4.74 Å². The molecule has 0 atom stereocenters. The molecule has 2 rings (SSSR count). The molecule has 1 aliphatic carbocycles. The number of aromatic nitrogens is 2. The fourth-order valence-corrected chi connectivity index (χ4v) is 2.90. The average Bonchev–Trinajstić information content (AvgIpc) is 2.49. The fourth-order valence-electron chi connectivity index (χ4n) is 2.90. The number of ether oxygens (including phenoxy) is 1. The van der Waals surface area contributed by atoms with Gasteiger partial charge in [0.25, 0.3) is 0 Å². The molecule has 1 aromatic rings. The van der Waals surface area contributed by atoms with E-state index in [9.17, 15) is 0 Å². The van der Waals surface area contributed by atoms with Gasteiger partial charge in [-0.15, -0.1) is 0 Å². The van der Waals surface area contributed by atoms with E-state index in [-0.39, 0.29) is 0 Å². The summed E-state index contributed by atoms with van der Waals surface area (Å²) in [5, 5.41) is 0. The van der Waals surface area contributed by atoms with E-state index < -0.39 is 0 Å². The van der Waals surface area contributed by atoms with Gasteiger partial charge in [-0.25, -0.2) is 15.8 Å². The lowest BCUT2D eigenvalue weighted by Crippen LogP contribution is -2.37. The molecular weight excluding hydrogens is 254 g/mol. The molecule has 0 spiro atoms. The van der Waals surface area contributed by atoms with E-state index >= 15 is 0 Å². The molecule has 1 fully saturated rings. The smallest absolute Gasteiger partial charge is 0.158 e. The second-order valence-corrected chi connectivity index (χ2v) is 5.18. The van der Waals surface area contributed by atoms with Crippen molar-refractivity contribution in [2.45, 2.75) is 51.7 Å². The van der Waals surface area contributed by atoms with E-state index in [2.05, 4.69) is 27.2 Å². The summed E-state index contributed by atoms with van der Waals surface area (Å²) in [6, 6.07) is 2.49. The molecule has 0 radical (unpaired) electrons. The molecule has 0 aliphatic heterocycles. The molecule has 0 unspecified atom stereocenters. The summed E-state index contributed by atoms with van der Waals surface area (Å²) in [5.41, 5.74) is 2.61.